The van der Waals surface area contributed by atoms with E-state index in [0.29, 0.717) is 22.8 Å². The van der Waals surface area contributed by atoms with Gasteiger partial charge in [-0.1, -0.05) is 67.2 Å². The van der Waals surface area contributed by atoms with Crippen LogP contribution in [0, 0.1) is 52.3 Å². The van der Waals surface area contributed by atoms with Crippen molar-refractivity contribution in [3.63, 3.8) is 0 Å². The first kappa shape index (κ1) is 22.7. The summed E-state index contributed by atoms with van der Waals surface area (Å²) in [4.78, 5) is 12.2. The maximum absolute atomic E-state index is 12.2. The molecule has 4 fully saturated rings. The molecule has 6 unspecified atom stereocenters. The summed E-state index contributed by atoms with van der Waals surface area (Å²) in [6, 6.07) is 0.432. The predicted molar refractivity (Wildman–Crippen MR) is 126 cm³/mol. The van der Waals surface area contributed by atoms with Crippen LogP contribution < -0.4 is 5.32 Å². The van der Waals surface area contributed by atoms with Crippen LogP contribution in [0.4, 0.5) is 0 Å². The molecule has 1 N–H and O–H groups in total. The van der Waals surface area contributed by atoms with Gasteiger partial charge in [-0.05, 0) is 90.8 Å². The molecule has 1 aliphatic heterocycles. The third kappa shape index (κ3) is 3.66. The highest BCUT2D eigenvalue weighted by Gasteiger charge is 2.62. The van der Waals surface area contributed by atoms with Crippen molar-refractivity contribution in [1.29, 1.82) is 0 Å². The monoisotopic (exact) mass is 415 g/mol. The van der Waals surface area contributed by atoms with Crippen molar-refractivity contribution in [2.75, 3.05) is 0 Å². The lowest BCUT2D eigenvalue weighted by Gasteiger charge is -2.63. The second-order valence-corrected chi connectivity index (χ2v) is 12.9. The fraction of sp³-hybridized carbons (Fsp3) is 0.964. The van der Waals surface area contributed by atoms with Crippen LogP contribution in [-0.4, -0.2) is 11.9 Å². The van der Waals surface area contributed by atoms with Crippen LogP contribution in [0.3, 0.4) is 0 Å². The Morgan fingerprint density at radius 3 is 2.43 bits per heavy atom. The molecule has 2 nitrogen and oxygen atoms in total. The van der Waals surface area contributed by atoms with E-state index >= 15 is 0 Å². The van der Waals surface area contributed by atoms with Crippen LogP contribution in [0.15, 0.2) is 0 Å². The number of rotatable bonds is 6. The Bertz CT molecular complexity index is 628. The molecule has 4 aliphatic rings. The van der Waals surface area contributed by atoms with Crippen molar-refractivity contribution in [2.24, 2.45) is 52.3 Å². The minimum Gasteiger partial charge on any atom is -0.353 e. The molecule has 1 heterocycles. The van der Waals surface area contributed by atoms with Gasteiger partial charge >= 0.3 is 0 Å². The fourth-order valence-corrected chi connectivity index (χ4v) is 9.31. The van der Waals surface area contributed by atoms with Gasteiger partial charge in [0.25, 0.3) is 0 Å². The molecule has 0 radical (unpaired) electrons. The van der Waals surface area contributed by atoms with E-state index in [9.17, 15) is 4.79 Å². The fourth-order valence-electron chi connectivity index (χ4n) is 9.31. The summed E-state index contributed by atoms with van der Waals surface area (Å²) >= 11 is 0. The Balaban J connectivity index is 1.54. The summed E-state index contributed by atoms with van der Waals surface area (Å²) < 4.78 is 0. The van der Waals surface area contributed by atoms with E-state index in [1.54, 1.807) is 0 Å². The molecular weight excluding hydrogens is 366 g/mol. The summed E-state index contributed by atoms with van der Waals surface area (Å²) in [6.45, 7) is 15.0. The molecule has 1 amide bonds. The van der Waals surface area contributed by atoms with Gasteiger partial charge in [-0.3, -0.25) is 4.79 Å². The van der Waals surface area contributed by atoms with Gasteiger partial charge < -0.3 is 5.32 Å². The molecule has 30 heavy (non-hydrogen) atoms. The number of hydrogen-bond acceptors (Lipinski definition) is 1. The molecule has 9 atom stereocenters. The van der Waals surface area contributed by atoms with Crippen LogP contribution in [-0.2, 0) is 4.79 Å². The number of carbonyl (C=O) groups is 1. The zero-order valence-electron chi connectivity index (χ0n) is 20.8. The highest BCUT2D eigenvalue weighted by atomic mass is 16.1. The van der Waals surface area contributed by atoms with E-state index in [0.717, 1.165) is 54.3 Å². The SMILES string of the molecule is CC[C@H]1C[C@H]2NC(=O)CCC2(C)C2CC[C@]3(C)C(C(C)CCCC(C)C)CCC3C21. The van der Waals surface area contributed by atoms with E-state index in [2.05, 4.69) is 46.9 Å². The van der Waals surface area contributed by atoms with Crippen LogP contribution in [0.25, 0.3) is 0 Å². The summed E-state index contributed by atoms with van der Waals surface area (Å²) in [5, 5.41) is 3.45. The normalized spacial score (nSPS) is 46.7. The Kier molecular flexibility index (Phi) is 6.37. The molecule has 1 saturated heterocycles. The van der Waals surface area contributed by atoms with Crippen molar-refractivity contribution < 1.29 is 4.79 Å². The molecule has 4 rings (SSSR count). The first-order valence-corrected chi connectivity index (χ1v) is 13.5. The number of nitrogens with one attached hydrogen (secondary N) is 1. The van der Waals surface area contributed by atoms with E-state index in [1.807, 2.05) is 0 Å². The average Bonchev–Trinajstić information content (AvgIpc) is 3.05. The van der Waals surface area contributed by atoms with Crippen molar-refractivity contribution in [3.05, 3.63) is 0 Å². The predicted octanol–water partition coefficient (Wildman–Crippen LogP) is 7.22. The van der Waals surface area contributed by atoms with Gasteiger partial charge in [-0.15, -0.1) is 0 Å². The van der Waals surface area contributed by atoms with Crippen LogP contribution in [0.1, 0.15) is 112 Å². The maximum atomic E-state index is 12.2. The van der Waals surface area contributed by atoms with Gasteiger partial charge in [0.2, 0.25) is 5.91 Å². The van der Waals surface area contributed by atoms with Crippen LogP contribution >= 0.6 is 0 Å². The number of hydrogen-bond donors (Lipinski definition) is 1. The number of amides is 1. The molecule has 2 heteroatoms. The Morgan fingerprint density at radius 2 is 1.73 bits per heavy atom. The van der Waals surface area contributed by atoms with Crippen LogP contribution in [0.5, 0.6) is 0 Å². The Labute approximate surface area is 186 Å². The molecular formula is C28H49NO. The van der Waals surface area contributed by atoms with E-state index in [-0.39, 0.29) is 0 Å². The number of carbonyl (C=O) groups excluding carboxylic acids is 1. The topological polar surface area (TPSA) is 29.1 Å². The molecule has 0 aromatic rings. The minimum atomic E-state index is 0.308. The van der Waals surface area contributed by atoms with Crippen LogP contribution in [0.2, 0.25) is 0 Å². The molecule has 0 bridgehead atoms. The standard InChI is InChI=1S/C28H49NO/c1-7-20-17-24-28(6,16-14-25(30)29-24)23-13-15-27(5)21(11-12-22(27)26(20)23)19(4)10-8-9-18(2)3/h18-24,26H,7-17H2,1-6H3,(H,29,30)/t19?,20-,21?,22?,23?,24+,26?,27+,28?/m0/s1. The van der Waals surface area contributed by atoms with Gasteiger partial charge in [-0.25, -0.2) is 0 Å². The van der Waals surface area contributed by atoms with Gasteiger partial charge in [0.05, 0.1) is 0 Å². The first-order chi connectivity index (χ1) is 14.2. The molecule has 0 aromatic heterocycles. The lowest BCUT2D eigenvalue weighted by Crippen LogP contribution is -2.63. The zero-order chi connectivity index (χ0) is 21.7. The van der Waals surface area contributed by atoms with Crippen molar-refractivity contribution >= 4 is 5.91 Å². The van der Waals surface area contributed by atoms with Crippen molar-refractivity contribution in [2.45, 2.75) is 118 Å². The van der Waals surface area contributed by atoms with Gasteiger partial charge in [0.1, 0.15) is 0 Å². The zero-order valence-corrected chi connectivity index (χ0v) is 20.8. The van der Waals surface area contributed by atoms with Gasteiger partial charge in [0.15, 0.2) is 0 Å². The number of piperidine rings is 1. The number of fused-ring (bicyclic) bond motifs is 5. The average molecular weight is 416 g/mol. The molecule has 0 aromatic carbocycles. The van der Waals surface area contributed by atoms with Crippen molar-refractivity contribution in [1.82, 2.24) is 5.32 Å². The first-order valence-electron chi connectivity index (χ1n) is 13.5. The minimum absolute atomic E-state index is 0.308. The van der Waals surface area contributed by atoms with Gasteiger partial charge in [-0.2, -0.15) is 0 Å². The highest BCUT2D eigenvalue weighted by Crippen LogP contribution is 2.68. The Hall–Kier alpha value is -0.530. The summed E-state index contributed by atoms with van der Waals surface area (Å²) in [5.74, 6) is 6.44. The lowest BCUT2D eigenvalue weighted by atomic mass is 9.44. The second kappa shape index (κ2) is 8.43. The summed E-state index contributed by atoms with van der Waals surface area (Å²) in [7, 11) is 0. The third-order valence-corrected chi connectivity index (χ3v) is 11.0. The Morgan fingerprint density at radius 1 is 1.00 bits per heavy atom. The lowest BCUT2D eigenvalue weighted by molar-refractivity contribution is -0.146. The highest BCUT2D eigenvalue weighted by molar-refractivity contribution is 5.77. The van der Waals surface area contributed by atoms with E-state index in [4.69, 9.17) is 0 Å². The van der Waals surface area contributed by atoms with Crippen molar-refractivity contribution in [3.8, 4) is 0 Å². The van der Waals surface area contributed by atoms with Gasteiger partial charge in [0, 0.05) is 12.5 Å². The van der Waals surface area contributed by atoms with E-state index < -0.39 is 0 Å². The molecule has 3 saturated carbocycles. The third-order valence-electron chi connectivity index (χ3n) is 11.0. The molecule has 3 aliphatic carbocycles. The quantitative estimate of drug-likeness (QED) is 0.487. The molecule has 0 spiro atoms. The second-order valence-electron chi connectivity index (χ2n) is 12.9. The maximum Gasteiger partial charge on any atom is 0.220 e. The summed E-state index contributed by atoms with van der Waals surface area (Å²) in [5.41, 5.74) is 0.902. The molecule has 172 valence electrons. The largest absolute Gasteiger partial charge is 0.353 e. The smallest absolute Gasteiger partial charge is 0.220 e. The summed E-state index contributed by atoms with van der Waals surface area (Å²) in [6.07, 6.45) is 14.4. The van der Waals surface area contributed by atoms with E-state index in [1.165, 1.54) is 57.8 Å².